The Balaban J connectivity index is 1.43. The van der Waals surface area contributed by atoms with Crippen molar-refractivity contribution in [1.29, 1.82) is 0 Å². The number of rotatable bonds is 7. The van der Waals surface area contributed by atoms with Gasteiger partial charge in [0.25, 0.3) is 0 Å². The van der Waals surface area contributed by atoms with Crippen LogP contribution in [0.4, 0.5) is 0 Å². The molecule has 0 bridgehead atoms. The van der Waals surface area contributed by atoms with E-state index in [0.717, 1.165) is 29.2 Å². The smallest absolute Gasteiger partial charge is 0.233 e. The molecule has 0 unspecified atom stereocenters. The lowest BCUT2D eigenvalue weighted by Crippen LogP contribution is -2.50. The molecule has 9 heteroatoms. The Morgan fingerprint density at radius 2 is 1.68 bits per heavy atom. The van der Waals surface area contributed by atoms with Gasteiger partial charge in [0, 0.05) is 32.7 Å². The molecule has 7 nitrogen and oxygen atoms in total. The number of sulfonamides is 1. The molecule has 2 aromatic carbocycles. The van der Waals surface area contributed by atoms with E-state index < -0.39 is 10.0 Å². The van der Waals surface area contributed by atoms with Crippen LogP contribution in [-0.4, -0.2) is 71.3 Å². The van der Waals surface area contributed by atoms with Gasteiger partial charge >= 0.3 is 0 Å². The highest BCUT2D eigenvalue weighted by Crippen LogP contribution is 2.25. The summed E-state index contributed by atoms with van der Waals surface area (Å²) in [5, 5.41) is 0.834. The van der Waals surface area contributed by atoms with Crippen LogP contribution in [0.1, 0.15) is 5.56 Å². The van der Waals surface area contributed by atoms with Gasteiger partial charge in [-0.3, -0.25) is 4.79 Å². The molecule has 1 aromatic heterocycles. The number of thioether (sulfide) groups is 1. The summed E-state index contributed by atoms with van der Waals surface area (Å²) in [6.07, 6.45) is 2.09. The van der Waals surface area contributed by atoms with Gasteiger partial charge in [-0.25, -0.2) is 13.4 Å². The van der Waals surface area contributed by atoms with E-state index in [1.165, 1.54) is 27.9 Å². The Labute approximate surface area is 187 Å². The number of para-hydroxylation sites is 2. The number of benzene rings is 2. The second-order valence-electron chi connectivity index (χ2n) is 7.60. The van der Waals surface area contributed by atoms with Crippen molar-refractivity contribution in [3.8, 4) is 0 Å². The number of carbonyl (C=O) groups is 1. The topological polar surface area (TPSA) is 75.5 Å². The Kier molecular flexibility index (Phi) is 6.64. The maximum absolute atomic E-state index is 12.7. The summed E-state index contributed by atoms with van der Waals surface area (Å²) in [6, 6.07) is 18.4. The van der Waals surface area contributed by atoms with Crippen molar-refractivity contribution in [2.24, 2.45) is 0 Å². The first-order valence-corrected chi connectivity index (χ1v) is 13.1. The molecule has 0 saturated carbocycles. The molecule has 0 atom stereocenters. The number of piperazine rings is 1. The summed E-state index contributed by atoms with van der Waals surface area (Å²) in [4.78, 5) is 19.2. The monoisotopic (exact) mass is 458 g/mol. The van der Waals surface area contributed by atoms with Gasteiger partial charge in [0.2, 0.25) is 15.9 Å². The molecule has 2 heterocycles. The molecule has 0 spiro atoms. The van der Waals surface area contributed by atoms with Crippen LogP contribution < -0.4 is 0 Å². The van der Waals surface area contributed by atoms with Crippen molar-refractivity contribution >= 4 is 38.7 Å². The summed E-state index contributed by atoms with van der Waals surface area (Å²) in [5.74, 6) is 0.299. The highest BCUT2D eigenvalue weighted by Gasteiger charge is 2.26. The number of carbonyl (C=O) groups excluding carboxylic acids is 1. The minimum absolute atomic E-state index is 0.0137. The predicted molar refractivity (Wildman–Crippen MR) is 124 cm³/mol. The van der Waals surface area contributed by atoms with E-state index in [2.05, 4.69) is 22.8 Å². The molecular formula is C22H26N4O3S2. The van der Waals surface area contributed by atoms with E-state index >= 15 is 0 Å². The molecule has 1 saturated heterocycles. The Bertz CT molecular complexity index is 1150. The van der Waals surface area contributed by atoms with Crippen molar-refractivity contribution < 1.29 is 13.2 Å². The van der Waals surface area contributed by atoms with Crippen LogP contribution in [0.5, 0.6) is 0 Å². The first-order chi connectivity index (χ1) is 14.9. The van der Waals surface area contributed by atoms with Crippen molar-refractivity contribution in [2.45, 2.75) is 18.1 Å². The number of hydrogen-bond donors (Lipinski definition) is 0. The third-order valence-corrected chi connectivity index (χ3v) is 7.74. The molecule has 31 heavy (non-hydrogen) atoms. The third kappa shape index (κ3) is 5.28. The number of aromatic nitrogens is 2. The van der Waals surface area contributed by atoms with Crippen molar-refractivity contribution in [1.82, 2.24) is 18.8 Å². The normalized spacial score (nSPS) is 15.5. The maximum Gasteiger partial charge on any atom is 0.233 e. The van der Waals surface area contributed by atoms with Crippen LogP contribution in [0.15, 0.2) is 59.8 Å². The third-order valence-electron chi connectivity index (χ3n) is 5.47. The van der Waals surface area contributed by atoms with Gasteiger partial charge in [-0.1, -0.05) is 54.2 Å². The second kappa shape index (κ2) is 9.42. The first-order valence-electron chi connectivity index (χ1n) is 10.3. The zero-order chi connectivity index (χ0) is 21.8. The molecule has 1 aliphatic heterocycles. The summed E-state index contributed by atoms with van der Waals surface area (Å²) in [7, 11) is -3.20. The zero-order valence-corrected chi connectivity index (χ0v) is 19.1. The number of nitrogens with zero attached hydrogens (tertiary/aromatic N) is 4. The number of amides is 1. The fourth-order valence-corrected chi connectivity index (χ4v) is 5.52. The van der Waals surface area contributed by atoms with Crippen molar-refractivity contribution in [2.75, 3.05) is 38.2 Å². The number of aryl methyl sites for hydroxylation is 2. The molecule has 0 radical (unpaired) electrons. The molecule has 0 N–H and O–H groups in total. The van der Waals surface area contributed by atoms with E-state index in [-0.39, 0.29) is 11.7 Å². The summed E-state index contributed by atoms with van der Waals surface area (Å²) in [5.41, 5.74) is 3.25. The van der Waals surface area contributed by atoms with E-state index in [1.54, 1.807) is 4.90 Å². The van der Waals surface area contributed by atoms with Gasteiger partial charge in [-0.2, -0.15) is 4.31 Å². The Hall–Kier alpha value is -2.36. The van der Waals surface area contributed by atoms with Gasteiger partial charge in [-0.15, -0.1) is 0 Å². The van der Waals surface area contributed by atoms with Gasteiger partial charge in [0.05, 0.1) is 23.0 Å². The van der Waals surface area contributed by atoms with Crippen LogP contribution in [-0.2, 0) is 27.8 Å². The lowest BCUT2D eigenvalue weighted by Gasteiger charge is -2.33. The molecule has 1 fully saturated rings. The van der Waals surface area contributed by atoms with Crippen LogP contribution >= 0.6 is 11.8 Å². The number of imidazole rings is 1. The average molecular weight is 459 g/mol. The molecule has 0 aliphatic carbocycles. The fourth-order valence-electron chi connectivity index (χ4n) is 3.75. The van der Waals surface area contributed by atoms with Crippen molar-refractivity contribution in [3.05, 3.63) is 60.2 Å². The van der Waals surface area contributed by atoms with Gasteiger partial charge < -0.3 is 9.47 Å². The van der Waals surface area contributed by atoms with E-state index in [1.807, 2.05) is 36.4 Å². The predicted octanol–water partition coefficient (Wildman–Crippen LogP) is 2.47. The molecular weight excluding hydrogens is 432 g/mol. The van der Waals surface area contributed by atoms with Crippen molar-refractivity contribution in [3.63, 3.8) is 0 Å². The summed E-state index contributed by atoms with van der Waals surface area (Å²) >= 11 is 1.44. The fraction of sp³-hybridized carbons (Fsp3) is 0.364. The van der Waals surface area contributed by atoms with Crippen LogP contribution in [0.3, 0.4) is 0 Å². The minimum Gasteiger partial charge on any atom is -0.339 e. The standard InChI is InChI=1S/C22H26N4O3S2/c1-31(28,29)25-15-13-24(14-16-25)21(27)17-30-22-23-19-9-5-6-10-20(19)26(22)12-11-18-7-3-2-4-8-18/h2-10H,11-17H2,1H3. The highest BCUT2D eigenvalue weighted by molar-refractivity contribution is 7.99. The number of hydrogen-bond acceptors (Lipinski definition) is 5. The first kappa shape index (κ1) is 21.9. The Morgan fingerprint density at radius 1 is 1.00 bits per heavy atom. The second-order valence-corrected chi connectivity index (χ2v) is 10.5. The SMILES string of the molecule is CS(=O)(=O)N1CCN(C(=O)CSc2nc3ccccc3n2CCc2ccccc2)CC1. The quantitative estimate of drug-likeness (QED) is 0.509. The molecule has 1 amide bonds. The highest BCUT2D eigenvalue weighted by atomic mass is 32.2. The van der Waals surface area contributed by atoms with E-state index in [9.17, 15) is 13.2 Å². The van der Waals surface area contributed by atoms with Gasteiger partial charge in [0.1, 0.15) is 0 Å². The molecule has 3 aromatic rings. The maximum atomic E-state index is 12.7. The van der Waals surface area contributed by atoms with Crippen LogP contribution in [0.2, 0.25) is 0 Å². The van der Waals surface area contributed by atoms with E-state index in [0.29, 0.717) is 26.2 Å². The summed E-state index contributed by atoms with van der Waals surface area (Å²) in [6.45, 7) is 2.34. The van der Waals surface area contributed by atoms with Crippen LogP contribution in [0.25, 0.3) is 11.0 Å². The molecule has 4 rings (SSSR count). The largest absolute Gasteiger partial charge is 0.339 e. The minimum atomic E-state index is -3.20. The number of fused-ring (bicyclic) bond motifs is 1. The molecule has 164 valence electrons. The molecule has 1 aliphatic rings. The average Bonchev–Trinajstić information content (AvgIpc) is 3.13. The zero-order valence-electron chi connectivity index (χ0n) is 17.5. The lowest BCUT2D eigenvalue weighted by molar-refractivity contribution is -0.129. The summed E-state index contributed by atoms with van der Waals surface area (Å²) < 4.78 is 26.9. The van der Waals surface area contributed by atoms with E-state index in [4.69, 9.17) is 4.98 Å². The van der Waals surface area contributed by atoms with Gasteiger partial charge in [-0.05, 0) is 24.1 Å². The van der Waals surface area contributed by atoms with Crippen LogP contribution in [0, 0.1) is 0 Å². The Morgan fingerprint density at radius 3 is 2.39 bits per heavy atom. The van der Waals surface area contributed by atoms with Gasteiger partial charge in [0.15, 0.2) is 5.16 Å². The lowest BCUT2D eigenvalue weighted by atomic mass is 10.1.